The molecule has 1 saturated carbocycles. The predicted octanol–water partition coefficient (Wildman–Crippen LogP) is 2.93. The molecular weight excluding hydrogens is 494 g/mol. The number of carbonyl (C=O) groups excluding carboxylic acids is 1. The molecule has 4 rings (SSSR count). The van der Waals surface area contributed by atoms with Crippen molar-refractivity contribution in [2.24, 2.45) is 4.99 Å². The highest BCUT2D eigenvalue weighted by molar-refractivity contribution is 7.86. The molecule has 2 aliphatic rings. The van der Waals surface area contributed by atoms with E-state index in [-0.39, 0.29) is 23.9 Å². The van der Waals surface area contributed by atoms with Crippen molar-refractivity contribution < 1.29 is 28.3 Å². The largest absolute Gasteiger partial charge is 0.440 e. The number of aliphatic imine (C=N–C) groups is 1. The van der Waals surface area contributed by atoms with Crippen LogP contribution in [0.3, 0.4) is 0 Å². The van der Waals surface area contributed by atoms with E-state index in [0.29, 0.717) is 43.3 Å². The van der Waals surface area contributed by atoms with E-state index in [0.717, 1.165) is 23.3 Å². The zero-order valence-electron chi connectivity index (χ0n) is 20.8. The van der Waals surface area contributed by atoms with Crippen LogP contribution in [-0.2, 0) is 31.7 Å². The highest BCUT2D eigenvalue weighted by Gasteiger charge is 2.30. The highest BCUT2D eigenvalue weighted by atomic mass is 32.2. The quantitative estimate of drug-likeness (QED) is 0.221. The van der Waals surface area contributed by atoms with Crippen molar-refractivity contribution in [3.8, 4) is 5.75 Å². The standard InChI is InChI=1S/C27H33N3O6S/c1-28-25(35-21-6-2-19(17-31)3-7-21)16-29-18-30-27(32)26(36-22-12-14-34-15-13-22)20-4-8-23(9-5-20)37(33)24-10-11-24/h2-9,16,18,22,24,26,28,31H,10-15,17H2,1H3,(H,29,30,32)/b25-16+. The van der Waals surface area contributed by atoms with Gasteiger partial charge >= 0.3 is 0 Å². The highest BCUT2D eigenvalue weighted by Crippen LogP contribution is 2.31. The number of benzene rings is 2. The second-order valence-corrected chi connectivity index (χ2v) is 10.6. The lowest BCUT2D eigenvalue weighted by atomic mass is 10.1. The van der Waals surface area contributed by atoms with Crippen LogP contribution in [0.15, 0.2) is 70.5 Å². The fraction of sp³-hybridized carbons (Fsp3) is 0.407. The normalized spacial score (nSPS) is 18.4. The molecule has 9 nitrogen and oxygen atoms in total. The van der Waals surface area contributed by atoms with Crippen LogP contribution in [0.25, 0.3) is 0 Å². The maximum Gasteiger partial charge on any atom is 0.258 e. The van der Waals surface area contributed by atoms with Gasteiger partial charge in [0.25, 0.3) is 5.91 Å². The van der Waals surface area contributed by atoms with Crippen LogP contribution in [-0.4, -0.2) is 53.2 Å². The third-order valence-electron chi connectivity index (χ3n) is 6.03. The molecule has 1 aliphatic heterocycles. The van der Waals surface area contributed by atoms with Crippen LogP contribution < -0.4 is 15.4 Å². The molecule has 0 radical (unpaired) electrons. The summed E-state index contributed by atoms with van der Waals surface area (Å²) < 4.78 is 29.8. The van der Waals surface area contributed by atoms with Gasteiger partial charge in [0.15, 0.2) is 6.10 Å². The Labute approximate surface area is 219 Å². The number of hydrogen-bond acceptors (Lipinski definition) is 8. The Hall–Kier alpha value is -3.05. The second-order valence-electron chi connectivity index (χ2n) is 8.83. The number of aliphatic hydroxyl groups is 1. The minimum atomic E-state index is -1.01. The summed E-state index contributed by atoms with van der Waals surface area (Å²) in [6, 6.07) is 14.3. The van der Waals surface area contributed by atoms with E-state index < -0.39 is 16.9 Å². The van der Waals surface area contributed by atoms with Crippen molar-refractivity contribution in [1.29, 1.82) is 0 Å². The fourth-order valence-corrected chi connectivity index (χ4v) is 5.11. The van der Waals surface area contributed by atoms with Gasteiger partial charge in [-0.3, -0.25) is 9.00 Å². The van der Waals surface area contributed by atoms with Gasteiger partial charge in [0.2, 0.25) is 5.88 Å². The summed E-state index contributed by atoms with van der Waals surface area (Å²) in [5, 5.41) is 15.0. The molecule has 37 heavy (non-hydrogen) atoms. The maximum atomic E-state index is 13.1. The molecule has 0 spiro atoms. The van der Waals surface area contributed by atoms with E-state index in [1.807, 2.05) is 24.3 Å². The van der Waals surface area contributed by atoms with Crippen LogP contribution in [0, 0.1) is 0 Å². The number of ether oxygens (including phenoxy) is 3. The van der Waals surface area contributed by atoms with Crippen molar-refractivity contribution >= 4 is 23.0 Å². The monoisotopic (exact) mass is 527 g/mol. The van der Waals surface area contributed by atoms with Gasteiger partial charge in [-0.1, -0.05) is 24.3 Å². The second kappa shape index (κ2) is 13.5. The van der Waals surface area contributed by atoms with E-state index >= 15 is 0 Å². The molecule has 3 N–H and O–H groups in total. The van der Waals surface area contributed by atoms with E-state index in [1.165, 1.54) is 12.5 Å². The van der Waals surface area contributed by atoms with Gasteiger partial charge < -0.3 is 30.0 Å². The van der Waals surface area contributed by atoms with Crippen molar-refractivity contribution in [3.63, 3.8) is 0 Å². The third kappa shape index (κ3) is 7.96. The first kappa shape index (κ1) is 27.0. The average Bonchev–Trinajstić information content (AvgIpc) is 3.80. The molecule has 2 unspecified atom stereocenters. The van der Waals surface area contributed by atoms with Gasteiger partial charge in [-0.25, -0.2) is 4.99 Å². The SMILES string of the molecule is CN/C(=C\N=CNC(=O)C(OC1CCOCC1)c1ccc(S(=O)C2CC2)cc1)Oc1ccc(CO)cc1. The molecular formula is C27H33N3O6S. The summed E-state index contributed by atoms with van der Waals surface area (Å²) in [5.41, 5.74) is 1.47. The van der Waals surface area contributed by atoms with Crippen molar-refractivity contribution in [1.82, 2.24) is 10.6 Å². The number of rotatable bonds is 12. The molecule has 198 valence electrons. The topological polar surface area (TPSA) is 118 Å². The summed E-state index contributed by atoms with van der Waals surface area (Å²) in [5.74, 6) is 0.593. The molecule has 2 aromatic carbocycles. The maximum absolute atomic E-state index is 13.1. The molecule has 2 atom stereocenters. The Kier molecular flexibility index (Phi) is 9.84. The number of carbonyl (C=O) groups is 1. The van der Waals surface area contributed by atoms with Crippen LogP contribution in [0.5, 0.6) is 5.75 Å². The Morgan fingerprint density at radius 2 is 1.84 bits per heavy atom. The number of amides is 1. The Morgan fingerprint density at radius 1 is 1.14 bits per heavy atom. The Morgan fingerprint density at radius 3 is 2.46 bits per heavy atom. The zero-order chi connectivity index (χ0) is 26.0. The molecule has 0 aromatic heterocycles. The molecule has 1 aliphatic carbocycles. The van der Waals surface area contributed by atoms with Crippen molar-refractivity contribution in [2.45, 2.75) is 54.6 Å². The molecule has 10 heteroatoms. The molecule has 1 amide bonds. The van der Waals surface area contributed by atoms with Gasteiger partial charge in [-0.05, 0) is 61.1 Å². The fourth-order valence-electron chi connectivity index (χ4n) is 3.76. The van der Waals surface area contributed by atoms with Gasteiger partial charge in [0.1, 0.15) is 5.75 Å². The number of hydrogen-bond donors (Lipinski definition) is 3. The van der Waals surface area contributed by atoms with Crippen LogP contribution in [0.4, 0.5) is 0 Å². The summed E-state index contributed by atoms with van der Waals surface area (Å²) in [6.07, 6.45) is 5.21. The smallest absolute Gasteiger partial charge is 0.258 e. The molecule has 2 aromatic rings. The minimum absolute atomic E-state index is 0.0393. The van der Waals surface area contributed by atoms with Gasteiger partial charge in [-0.15, -0.1) is 0 Å². The van der Waals surface area contributed by atoms with Crippen LogP contribution in [0.2, 0.25) is 0 Å². The number of nitrogens with one attached hydrogen (secondary N) is 2. The molecule has 1 saturated heterocycles. The molecule has 0 bridgehead atoms. The van der Waals surface area contributed by atoms with Gasteiger partial charge in [-0.2, -0.15) is 0 Å². The van der Waals surface area contributed by atoms with Gasteiger partial charge in [0, 0.05) is 30.4 Å². The van der Waals surface area contributed by atoms with Crippen LogP contribution >= 0.6 is 0 Å². The Bertz CT molecular complexity index is 1110. The summed E-state index contributed by atoms with van der Waals surface area (Å²) in [4.78, 5) is 18.0. The lowest BCUT2D eigenvalue weighted by Gasteiger charge is -2.27. The number of aliphatic hydroxyl groups excluding tert-OH is 1. The first-order valence-electron chi connectivity index (χ1n) is 12.4. The minimum Gasteiger partial charge on any atom is -0.440 e. The molecule has 1 heterocycles. The van der Waals surface area contributed by atoms with Crippen molar-refractivity contribution in [2.75, 3.05) is 20.3 Å². The van der Waals surface area contributed by atoms with E-state index in [2.05, 4.69) is 15.6 Å². The van der Waals surface area contributed by atoms with Crippen LogP contribution in [0.1, 0.15) is 42.9 Å². The predicted molar refractivity (Wildman–Crippen MR) is 140 cm³/mol. The van der Waals surface area contributed by atoms with E-state index in [9.17, 15) is 9.00 Å². The lowest BCUT2D eigenvalue weighted by molar-refractivity contribution is -0.140. The summed E-state index contributed by atoms with van der Waals surface area (Å²) in [7, 11) is 0.689. The number of nitrogens with zero attached hydrogens (tertiary/aromatic N) is 1. The first-order valence-corrected chi connectivity index (χ1v) is 13.6. The molecule has 2 fully saturated rings. The van der Waals surface area contributed by atoms with Gasteiger partial charge in [0.05, 0.1) is 36.0 Å². The van der Waals surface area contributed by atoms with Crippen molar-refractivity contribution in [3.05, 3.63) is 71.7 Å². The van der Waals surface area contributed by atoms with E-state index in [4.69, 9.17) is 19.3 Å². The Balaban J connectivity index is 1.40. The first-order chi connectivity index (χ1) is 18.1. The summed E-state index contributed by atoms with van der Waals surface area (Å²) in [6.45, 7) is 1.16. The lowest BCUT2D eigenvalue weighted by Crippen LogP contribution is -2.34. The van der Waals surface area contributed by atoms with E-state index in [1.54, 1.807) is 31.3 Å². The third-order valence-corrected chi connectivity index (χ3v) is 7.84. The summed E-state index contributed by atoms with van der Waals surface area (Å²) >= 11 is 0. The zero-order valence-corrected chi connectivity index (χ0v) is 21.6. The average molecular weight is 528 g/mol.